The molecule has 148 valence electrons. The van der Waals surface area contributed by atoms with E-state index < -0.39 is 36.5 Å². The molecule has 0 aliphatic rings. The first-order valence-electron chi connectivity index (χ1n) is 10.3. The first-order valence-corrected chi connectivity index (χ1v) is 29.3. The lowest BCUT2D eigenvalue weighted by molar-refractivity contribution is 1.69. The second kappa shape index (κ2) is 7.41. The molecule has 27 heavy (non-hydrogen) atoms. The Hall–Kier alpha value is -0.476. The number of rotatable bonds is 6. The maximum Gasteiger partial charge on any atom is 0.101 e. The maximum absolute atomic E-state index is 2.79. The molecule has 5 heteroatoms. The van der Waals surface area contributed by atoms with Crippen LogP contribution in [0.3, 0.4) is 0 Å². The summed E-state index contributed by atoms with van der Waals surface area (Å²) in [7, 11) is -6.02. The minimum Gasteiger partial charge on any atom is -0.0720 e. The molecule has 2 aromatic rings. The van der Waals surface area contributed by atoms with Gasteiger partial charge in [-0.2, -0.15) is 0 Å². The molecule has 0 saturated carbocycles. The van der Waals surface area contributed by atoms with Gasteiger partial charge in [-0.15, -0.1) is 0 Å². The van der Waals surface area contributed by atoms with Gasteiger partial charge in [-0.3, -0.25) is 0 Å². The third-order valence-corrected chi connectivity index (χ3v) is 119. The van der Waals surface area contributed by atoms with Gasteiger partial charge in [0.2, 0.25) is 0 Å². The summed E-state index contributed by atoms with van der Waals surface area (Å²) >= 11 is 0. The molecular formula is C22H40Si5. The predicted molar refractivity (Wildman–Crippen MR) is 140 cm³/mol. The topological polar surface area (TPSA) is 0 Å². The number of hydrogen-bond donors (Lipinski definition) is 0. The zero-order valence-electron chi connectivity index (χ0n) is 19.3. The van der Waals surface area contributed by atoms with E-state index in [1.165, 1.54) is 0 Å². The van der Waals surface area contributed by atoms with Crippen molar-refractivity contribution in [2.45, 2.75) is 65.5 Å². The van der Waals surface area contributed by atoms with Crippen molar-refractivity contribution < 1.29 is 0 Å². The van der Waals surface area contributed by atoms with Crippen LogP contribution in [0.1, 0.15) is 0 Å². The van der Waals surface area contributed by atoms with Gasteiger partial charge in [-0.1, -0.05) is 137 Å². The quantitative estimate of drug-likeness (QED) is 0.504. The van der Waals surface area contributed by atoms with Gasteiger partial charge < -0.3 is 0 Å². The van der Waals surface area contributed by atoms with E-state index in [1.807, 2.05) is 0 Å². The highest BCUT2D eigenvalue weighted by atomic mass is 30.2. The lowest BCUT2D eigenvalue weighted by Crippen LogP contribution is -2.98. The Morgan fingerprint density at radius 3 is 0.889 bits per heavy atom. The van der Waals surface area contributed by atoms with E-state index in [0.29, 0.717) is 0 Å². The highest BCUT2D eigenvalue weighted by Gasteiger charge is 2.71. The van der Waals surface area contributed by atoms with E-state index in [9.17, 15) is 0 Å². The average molecular weight is 445 g/mol. The molecule has 0 N–H and O–H groups in total. The van der Waals surface area contributed by atoms with E-state index in [0.717, 1.165) is 0 Å². The highest BCUT2D eigenvalue weighted by Crippen LogP contribution is 2.43. The van der Waals surface area contributed by atoms with E-state index >= 15 is 0 Å². The minimum atomic E-state index is -1.86. The van der Waals surface area contributed by atoms with Crippen LogP contribution in [0.2, 0.25) is 65.5 Å². The summed E-state index contributed by atoms with van der Waals surface area (Å²) in [6.45, 7) is 27.5. The molecule has 0 unspecified atom stereocenters. The molecule has 0 heterocycles. The van der Waals surface area contributed by atoms with Gasteiger partial charge in [-0.25, -0.2) is 0 Å². The summed E-state index contributed by atoms with van der Waals surface area (Å²) in [5.41, 5.74) is 0. The Morgan fingerprint density at radius 1 is 0.407 bits per heavy atom. The van der Waals surface area contributed by atoms with Crippen molar-refractivity contribution in [3.8, 4) is 0 Å². The van der Waals surface area contributed by atoms with Crippen LogP contribution in [0.4, 0.5) is 0 Å². The molecule has 0 saturated heterocycles. The predicted octanol–water partition coefficient (Wildman–Crippen LogP) is 5.66. The molecule has 0 amide bonds. The van der Waals surface area contributed by atoms with Gasteiger partial charge >= 0.3 is 0 Å². The average Bonchev–Trinajstić information content (AvgIpc) is 2.52. The van der Waals surface area contributed by atoms with Gasteiger partial charge in [-0.05, 0) is 0 Å². The van der Waals surface area contributed by atoms with Crippen LogP contribution >= 0.6 is 0 Å². The highest BCUT2D eigenvalue weighted by molar-refractivity contribution is 8.08. The molecule has 0 aromatic heterocycles. The Morgan fingerprint density at radius 2 is 0.667 bits per heavy atom. The molecular weight excluding hydrogens is 405 g/mol. The van der Waals surface area contributed by atoms with E-state index in [-0.39, 0.29) is 0 Å². The third-order valence-electron chi connectivity index (χ3n) is 6.83. The van der Waals surface area contributed by atoms with Crippen molar-refractivity contribution >= 4 is 46.9 Å². The lowest BCUT2D eigenvalue weighted by atomic mass is 10.4. The first-order chi connectivity index (χ1) is 12.2. The Kier molecular flexibility index (Phi) is 6.26. The molecule has 0 spiro atoms. The molecule has 0 radical (unpaired) electrons. The van der Waals surface area contributed by atoms with Crippen LogP contribution < -0.4 is 10.4 Å². The molecule has 0 fully saturated rings. The first kappa shape index (κ1) is 22.8. The molecule has 0 nitrogen and oxygen atoms in total. The van der Waals surface area contributed by atoms with Gasteiger partial charge in [0, 0.05) is 28.9 Å². The van der Waals surface area contributed by atoms with Crippen LogP contribution in [-0.4, -0.2) is 36.5 Å². The Labute approximate surface area is 172 Å². The van der Waals surface area contributed by atoms with Crippen LogP contribution in [0.15, 0.2) is 60.7 Å². The second-order valence-corrected chi connectivity index (χ2v) is 64.3. The lowest BCUT2D eigenvalue weighted by Gasteiger charge is -2.65. The maximum atomic E-state index is 2.79. The number of hydrogen-bond acceptors (Lipinski definition) is 0. The molecule has 0 atom stereocenters. The molecule has 2 aromatic carbocycles. The largest absolute Gasteiger partial charge is 0.101 e. The van der Waals surface area contributed by atoms with Crippen LogP contribution in [-0.2, 0) is 0 Å². The van der Waals surface area contributed by atoms with Crippen molar-refractivity contribution in [2.75, 3.05) is 0 Å². The zero-order valence-corrected chi connectivity index (χ0v) is 24.3. The summed E-state index contributed by atoms with van der Waals surface area (Å²) in [6.07, 6.45) is -1.58. The summed E-state index contributed by atoms with van der Waals surface area (Å²) in [4.78, 5) is 0. The smallest absolute Gasteiger partial charge is 0.0720 e. The van der Waals surface area contributed by atoms with Crippen molar-refractivity contribution in [1.29, 1.82) is 0 Å². The molecule has 0 bridgehead atoms. The normalized spacial score (nSPS) is 14.3. The van der Waals surface area contributed by atoms with Gasteiger partial charge in [0.05, 0.1) is 0 Å². The van der Waals surface area contributed by atoms with Crippen molar-refractivity contribution in [3.05, 3.63) is 60.7 Å². The summed E-state index contributed by atoms with van der Waals surface area (Å²) in [6, 6.07) is 23.5. The van der Waals surface area contributed by atoms with Crippen molar-refractivity contribution in [2.24, 2.45) is 0 Å². The SMILES string of the molecule is C[Si](C)(C)[Si]([Si](C)(C)C)([Si](C)(C)C)[Si](C)(c1ccccc1)c1ccccc1. The second-order valence-electron chi connectivity index (χ2n) is 11.4. The van der Waals surface area contributed by atoms with E-state index in [2.05, 4.69) is 126 Å². The summed E-state index contributed by atoms with van der Waals surface area (Å²) in [5.74, 6) is 0. The molecule has 2 rings (SSSR count). The molecule has 0 aliphatic heterocycles. The van der Waals surface area contributed by atoms with Gasteiger partial charge in [0.25, 0.3) is 0 Å². The van der Waals surface area contributed by atoms with Gasteiger partial charge in [0.1, 0.15) is 7.59 Å². The van der Waals surface area contributed by atoms with Crippen LogP contribution in [0, 0.1) is 0 Å². The fourth-order valence-electron chi connectivity index (χ4n) is 7.77. The Balaban J connectivity index is 3.11. The Bertz CT molecular complexity index is 674. The van der Waals surface area contributed by atoms with Crippen LogP contribution in [0.25, 0.3) is 0 Å². The monoisotopic (exact) mass is 444 g/mol. The van der Waals surface area contributed by atoms with Gasteiger partial charge in [0.15, 0.2) is 0 Å². The zero-order chi connectivity index (χ0) is 20.7. The van der Waals surface area contributed by atoms with E-state index in [1.54, 1.807) is 10.4 Å². The fraction of sp³-hybridized carbons (Fsp3) is 0.455. The summed E-state index contributed by atoms with van der Waals surface area (Å²) in [5, 5.41) is 3.41. The van der Waals surface area contributed by atoms with Crippen molar-refractivity contribution in [1.82, 2.24) is 0 Å². The molecule has 0 aliphatic carbocycles. The standard InChI is InChI=1S/C22H40Si5/c1-23(2,3)27(24(4,5)6,25(7,8)9)26(10,21-17-13-11-14-18-21)22-19-15-12-16-20-22/h11-20H,1-10H3. The van der Waals surface area contributed by atoms with Crippen LogP contribution in [0.5, 0.6) is 0 Å². The van der Waals surface area contributed by atoms with E-state index in [4.69, 9.17) is 0 Å². The fourth-order valence-corrected chi connectivity index (χ4v) is 168. The minimum absolute atomic E-state index is 1.38. The summed E-state index contributed by atoms with van der Waals surface area (Å²) < 4.78 is 0. The third kappa shape index (κ3) is 3.50. The van der Waals surface area contributed by atoms with Crippen molar-refractivity contribution in [3.63, 3.8) is 0 Å². The number of benzene rings is 2.